The highest BCUT2D eigenvalue weighted by Crippen LogP contribution is 2.30. The molecular weight excluding hydrogens is 444 g/mol. The average Bonchev–Trinajstić information content (AvgIpc) is 3.45. The highest BCUT2D eigenvalue weighted by molar-refractivity contribution is 6.21. The van der Waals surface area contributed by atoms with Crippen LogP contribution in [0.1, 0.15) is 36.8 Å². The van der Waals surface area contributed by atoms with Crippen LogP contribution in [0.2, 0.25) is 0 Å². The van der Waals surface area contributed by atoms with Crippen molar-refractivity contribution >= 4 is 29.4 Å². The van der Waals surface area contributed by atoms with Gasteiger partial charge in [-0.3, -0.25) is 19.3 Å². The smallest absolute Gasteiger partial charge is 0.338 e. The van der Waals surface area contributed by atoms with E-state index < -0.39 is 30.3 Å². The number of ether oxygens (including phenoxy) is 3. The molecule has 1 N–H and O–H groups in total. The summed E-state index contributed by atoms with van der Waals surface area (Å²) in [6, 6.07) is 12.1. The van der Waals surface area contributed by atoms with Crippen molar-refractivity contribution in [3.8, 4) is 11.5 Å². The molecule has 2 heterocycles. The van der Waals surface area contributed by atoms with Gasteiger partial charge < -0.3 is 23.9 Å². The Balaban J connectivity index is 1.38. The first-order valence-electron chi connectivity index (χ1n) is 10.1. The number of nitrogens with zero attached hydrogens (tertiary/aromatic N) is 1. The molecule has 0 spiro atoms. The number of esters is 1. The van der Waals surface area contributed by atoms with E-state index in [0.717, 1.165) is 4.90 Å². The summed E-state index contributed by atoms with van der Waals surface area (Å²) in [5, 5.41) is 2.59. The van der Waals surface area contributed by atoms with Crippen LogP contribution in [0.4, 0.5) is 5.69 Å². The van der Waals surface area contributed by atoms with Crippen molar-refractivity contribution < 1.29 is 37.8 Å². The number of furan rings is 1. The Morgan fingerprint density at radius 2 is 1.71 bits per heavy atom. The number of anilines is 1. The van der Waals surface area contributed by atoms with Gasteiger partial charge in [0.1, 0.15) is 5.76 Å². The summed E-state index contributed by atoms with van der Waals surface area (Å²) >= 11 is 0. The SMILES string of the molecule is COc1ccc(NC(=O)COC(=O)c2ccc3c(c2)C(=O)N(Cc2ccco2)C3=O)cc1OC. The first-order valence-corrected chi connectivity index (χ1v) is 10.1. The third kappa shape index (κ3) is 4.46. The van der Waals surface area contributed by atoms with Crippen LogP contribution in [0.3, 0.4) is 0 Å². The summed E-state index contributed by atoms with van der Waals surface area (Å²) in [5.74, 6) is -1.03. The summed E-state index contributed by atoms with van der Waals surface area (Å²) < 4.78 is 20.6. The number of fused-ring (bicyclic) bond motifs is 1. The van der Waals surface area contributed by atoms with Crippen molar-refractivity contribution in [1.82, 2.24) is 4.90 Å². The van der Waals surface area contributed by atoms with Gasteiger partial charge in [-0.2, -0.15) is 0 Å². The molecular formula is C24H20N2O8. The highest BCUT2D eigenvalue weighted by Gasteiger charge is 2.36. The molecule has 2 aromatic carbocycles. The molecule has 0 radical (unpaired) electrons. The largest absolute Gasteiger partial charge is 0.493 e. The summed E-state index contributed by atoms with van der Waals surface area (Å²) in [4.78, 5) is 51.0. The number of imide groups is 1. The maximum atomic E-state index is 12.7. The lowest BCUT2D eigenvalue weighted by Crippen LogP contribution is -2.28. The highest BCUT2D eigenvalue weighted by atomic mass is 16.5. The van der Waals surface area contributed by atoms with E-state index in [4.69, 9.17) is 18.6 Å². The van der Waals surface area contributed by atoms with E-state index in [1.54, 1.807) is 30.3 Å². The number of methoxy groups -OCH3 is 2. The minimum Gasteiger partial charge on any atom is -0.493 e. The van der Waals surface area contributed by atoms with Crippen LogP contribution < -0.4 is 14.8 Å². The Kier molecular flexibility index (Phi) is 6.30. The summed E-state index contributed by atoms with van der Waals surface area (Å²) in [6.45, 7) is -0.572. The van der Waals surface area contributed by atoms with Gasteiger partial charge >= 0.3 is 5.97 Å². The molecule has 3 amide bonds. The van der Waals surface area contributed by atoms with Gasteiger partial charge in [0.25, 0.3) is 17.7 Å². The van der Waals surface area contributed by atoms with Crippen LogP contribution in [-0.2, 0) is 16.1 Å². The second kappa shape index (κ2) is 9.49. The monoisotopic (exact) mass is 464 g/mol. The molecule has 0 aliphatic carbocycles. The van der Waals surface area contributed by atoms with Crippen LogP contribution in [0.5, 0.6) is 11.5 Å². The maximum absolute atomic E-state index is 12.7. The van der Waals surface area contributed by atoms with Crippen LogP contribution in [0, 0.1) is 0 Å². The van der Waals surface area contributed by atoms with Crippen molar-refractivity contribution in [3.05, 3.63) is 77.2 Å². The third-order valence-corrected chi connectivity index (χ3v) is 5.10. The quantitative estimate of drug-likeness (QED) is 0.399. The van der Waals surface area contributed by atoms with Crippen molar-refractivity contribution in [3.63, 3.8) is 0 Å². The molecule has 0 unspecified atom stereocenters. The lowest BCUT2D eigenvalue weighted by Gasteiger charge is -2.11. The fraction of sp³-hybridized carbons (Fsp3) is 0.167. The molecule has 0 bridgehead atoms. The first kappa shape index (κ1) is 22.6. The number of amides is 3. The van der Waals surface area contributed by atoms with E-state index in [9.17, 15) is 19.2 Å². The van der Waals surface area contributed by atoms with Crippen LogP contribution in [-0.4, -0.2) is 49.4 Å². The zero-order chi connectivity index (χ0) is 24.2. The third-order valence-electron chi connectivity index (χ3n) is 5.10. The Labute approximate surface area is 194 Å². The molecule has 4 rings (SSSR count). The van der Waals surface area contributed by atoms with Crippen LogP contribution in [0.15, 0.2) is 59.2 Å². The molecule has 1 aliphatic heterocycles. The topological polar surface area (TPSA) is 124 Å². The Hall–Kier alpha value is -4.60. The van der Waals surface area contributed by atoms with Crippen LogP contribution in [0.25, 0.3) is 0 Å². The number of rotatable bonds is 8. The number of hydrogen-bond acceptors (Lipinski definition) is 8. The van der Waals surface area contributed by atoms with Crippen molar-refractivity contribution in [2.75, 3.05) is 26.1 Å². The second-order valence-corrected chi connectivity index (χ2v) is 7.23. The van der Waals surface area contributed by atoms with Gasteiger partial charge in [-0.15, -0.1) is 0 Å². The average molecular weight is 464 g/mol. The van der Waals surface area contributed by atoms with Crippen molar-refractivity contribution in [2.45, 2.75) is 6.54 Å². The molecule has 10 heteroatoms. The normalized spacial score (nSPS) is 12.4. The van der Waals surface area contributed by atoms with E-state index in [1.807, 2.05) is 0 Å². The number of carbonyl (C=O) groups is 4. The van der Waals surface area contributed by atoms with Gasteiger partial charge in [0, 0.05) is 11.8 Å². The lowest BCUT2D eigenvalue weighted by molar-refractivity contribution is -0.119. The molecule has 0 fully saturated rings. The van der Waals surface area contributed by atoms with Crippen molar-refractivity contribution in [1.29, 1.82) is 0 Å². The zero-order valence-electron chi connectivity index (χ0n) is 18.3. The minimum atomic E-state index is -0.810. The summed E-state index contributed by atoms with van der Waals surface area (Å²) in [7, 11) is 2.96. The molecule has 1 aliphatic rings. The van der Waals surface area contributed by atoms with E-state index >= 15 is 0 Å². The summed E-state index contributed by atoms with van der Waals surface area (Å²) in [5.41, 5.74) is 0.732. The molecule has 3 aromatic rings. The van der Waals surface area contributed by atoms with Gasteiger partial charge in [0.15, 0.2) is 18.1 Å². The molecule has 1 aromatic heterocycles. The first-order chi connectivity index (χ1) is 16.4. The van der Waals surface area contributed by atoms with Crippen molar-refractivity contribution in [2.24, 2.45) is 0 Å². The predicted molar refractivity (Wildman–Crippen MR) is 118 cm³/mol. The molecule has 174 valence electrons. The maximum Gasteiger partial charge on any atom is 0.338 e. The van der Waals surface area contributed by atoms with Gasteiger partial charge in [0.2, 0.25) is 0 Å². The fourth-order valence-electron chi connectivity index (χ4n) is 3.45. The molecule has 0 saturated heterocycles. The minimum absolute atomic E-state index is 0.0184. The Morgan fingerprint density at radius 3 is 2.41 bits per heavy atom. The van der Waals surface area contributed by atoms with Crippen LogP contribution >= 0.6 is 0 Å². The van der Waals surface area contributed by atoms with Gasteiger partial charge in [-0.05, 0) is 42.5 Å². The Bertz CT molecular complexity index is 1270. The lowest BCUT2D eigenvalue weighted by atomic mass is 10.1. The Morgan fingerprint density at radius 1 is 0.941 bits per heavy atom. The van der Waals surface area contributed by atoms with E-state index in [-0.39, 0.29) is 23.2 Å². The standard InChI is InChI=1S/C24H20N2O8/c1-31-19-8-6-15(11-20(19)32-2)25-21(27)13-34-24(30)14-5-7-17-18(10-14)23(29)26(22(17)28)12-16-4-3-9-33-16/h3-11H,12-13H2,1-2H3,(H,25,27). The van der Waals surface area contributed by atoms with Gasteiger partial charge in [-0.1, -0.05) is 0 Å². The molecule has 0 atom stereocenters. The van der Waals surface area contributed by atoms with E-state index in [1.165, 1.54) is 38.7 Å². The van der Waals surface area contributed by atoms with Gasteiger partial charge in [0.05, 0.1) is 43.7 Å². The van der Waals surface area contributed by atoms with Gasteiger partial charge in [-0.25, -0.2) is 4.79 Å². The number of carbonyl (C=O) groups excluding carboxylic acids is 4. The fourth-order valence-corrected chi connectivity index (χ4v) is 3.45. The predicted octanol–water partition coefficient (Wildman–Crippen LogP) is 2.89. The number of nitrogens with one attached hydrogen (secondary N) is 1. The molecule has 0 saturated carbocycles. The zero-order valence-corrected chi connectivity index (χ0v) is 18.3. The molecule has 34 heavy (non-hydrogen) atoms. The second-order valence-electron chi connectivity index (χ2n) is 7.23. The number of benzene rings is 2. The number of hydrogen-bond donors (Lipinski definition) is 1. The van der Waals surface area contributed by atoms with E-state index in [0.29, 0.717) is 22.9 Å². The molecule has 10 nitrogen and oxygen atoms in total. The summed E-state index contributed by atoms with van der Waals surface area (Å²) in [6.07, 6.45) is 1.45. The van der Waals surface area contributed by atoms with E-state index in [2.05, 4.69) is 5.32 Å².